The van der Waals surface area contributed by atoms with Crippen LogP contribution in [0.3, 0.4) is 0 Å². The van der Waals surface area contributed by atoms with E-state index in [1.807, 2.05) is 0 Å². The van der Waals surface area contributed by atoms with E-state index < -0.39 is 0 Å². The van der Waals surface area contributed by atoms with Gasteiger partial charge in [-0.3, -0.25) is 0 Å². The van der Waals surface area contributed by atoms with Crippen molar-refractivity contribution in [3.8, 4) is 0 Å². The van der Waals surface area contributed by atoms with Gasteiger partial charge < -0.3 is 0 Å². The first-order chi connectivity index (χ1) is 7.57. The average molecular weight is 220 g/mol. The molecule has 1 fully saturated rings. The Labute approximate surface area is 102 Å². The third kappa shape index (κ3) is 2.08. The molecule has 1 spiro atoms. The second-order valence-corrected chi connectivity index (χ2v) is 6.55. The number of hydrogen-bond acceptors (Lipinski definition) is 0. The molecule has 92 valence electrons. The van der Waals surface area contributed by atoms with Crippen LogP contribution in [0.1, 0.15) is 66.2 Å². The smallest absolute Gasteiger partial charge is 0.00843 e. The first-order valence-corrected chi connectivity index (χ1v) is 7.25. The molecular formula is C16H28. The molecule has 0 radical (unpaired) electrons. The summed E-state index contributed by atoms with van der Waals surface area (Å²) < 4.78 is 0. The molecule has 0 N–H and O–H groups in total. The van der Waals surface area contributed by atoms with Crippen LogP contribution in [0, 0.1) is 23.2 Å². The minimum absolute atomic E-state index is 0.594. The van der Waals surface area contributed by atoms with Crippen molar-refractivity contribution in [2.24, 2.45) is 23.2 Å². The summed E-state index contributed by atoms with van der Waals surface area (Å²) in [7, 11) is 0. The minimum atomic E-state index is 0.594. The highest BCUT2D eigenvalue weighted by Gasteiger charge is 2.42. The van der Waals surface area contributed by atoms with Gasteiger partial charge >= 0.3 is 0 Å². The first kappa shape index (κ1) is 12.2. The van der Waals surface area contributed by atoms with Crippen LogP contribution in [-0.4, -0.2) is 0 Å². The Morgan fingerprint density at radius 1 is 1.44 bits per heavy atom. The van der Waals surface area contributed by atoms with E-state index in [0.29, 0.717) is 5.41 Å². The average Bonchev–Trinajstić information content (AvgIpc) is 2.64. The van der Waals surface area contributed by atoms with E-state index in [0.717, 1.165) is 17.8 Å². The van der Waals surface area contributed by atoms with E-state index in [1.54, 1.807) is 5.57 Å². The lowest BCUT2D eigenvalue weighted by molar-refractivity contribution is 0.0885. The molecule has 2 rings (SSSR count). The van der Waals surface area contributed by atoms with Gasteiger partial charge in [-0.1, -0.05) is 38.8 Å². The summed E-state index contributed by atoms with van der Waals surface area (Å²) >= 11 is 0. The third-order valence-electron chi connectivity index (χ3n) is 5.56. The highest BCUT2D eigenvalue weighted by atomic mass is 14.5. The summed E-state index contributed by atoms with van der Waals surface area (Å²) in [6.45, 7) is 9.63. The predicted molar refractivity (Wildman–Crippen MR) is 71.4 cm³/mol. The summed E-state index contributed by atoms with van der Waals surface area (Å²) in [5, 5.41) is 0. The van der Waals surface area contributed by atoms with Crippen molar-refractivity contribution in [3.63, 3.8) is 0 Å². The summed E-state index contributed by atoms with van der Waals surface area (Å²) in [5.74, 6) is 2.84. The monoisotopic (exact) mass is 220 g/mol. The van der Waals surface area contributed by atoms with Gasteiger partial charge in [0.1, 0.15) is 0 Å². The molecule has 0 heteroatoms. The zero-order valence-electron chi connectivity index (χ0n) is 11.6. The molecule has 2 aliphatic rings. The van der Waals surface area contributed by atoms with Crippen molar-refractivity contribution < 1.29 is 0 Å². The normalized spacial score (nSPS) is 41.1. The van der Waals surface area contributed by atoms with Crippen molar-refractivity contribution in [1.82, 2.24) is 0 Å². The van der Waals surface area contributed by atoms with Gasteiger partial charge in [-0.25, -0.2) is 0 Å². The maximum atomic E-state index is 2.65. The predicted octanol–water partition coefficient (Wildman–Crippen LogP) is 5.20. The lowest BCUT2D eigenvalue weighted by atomic mass is 9.61. The lowest BCUT2D eigenvalue weighted by Gasteiger charge is -2.44. The molecule has 0 aliphatic heterocycles. The van der Waals surface area contributed by atoms with Crippen LogP contribution in [0.25, 0.3) is 0 Å². The Balaban J connectivity index is 2.12. The van der Waals surface area contributed by atoms with Crippen molar-refractivity contribution in [1.29, 1.82) is 0 Å². The molecule has 16 heavy (non-hydrogen) atoms. The Kier molecular flexibility index (Phi) is 3.47. The summed E-state index contributed by atoms with van der Waals surface area (Å²) in [6.07, 6.45) is 11.2. The zero-order chi connectivity index (χ0) is 11.8. The van der Waals surface area contributed by atoms with Crippen molar-refractivity contribution >= 4 is 0 Å². The Bertz CT molecular complexity index is 276. The highest BCUT2D eigenvalue weighted by molar-refractivity contribution is 5.17. The highest BCUT2D eigenvalue weighted by Crippen LogP contribution is 2.53. The SMILES string of the molecule is CCC(C)[C@@H]1CC[C@@H](C)[C@@]2(C=C(C)CC2)C1. The van der Waals surface area contributed by atoms with Gasteiger partial charge in [0.2, 0.25) is 0 Å². The van der Waals surface area contributed by atoms with Gasteiger partial charge in [-0.05, 0) is 62.2 Å². The van der Waals surface area contributed by atoms with Gasteiger partial charge in [0.25, 0.3) is 0 Å². The van der Waals surface area contributed by atoms with E-state index in [-0.39, 0.29) is 0 Å². The van der Waals surface area contributed by atoms with Gasteiger partial charge in [0, 0.05) is 0 Å². The van der Waals surface area contributed by atoms with E-state index in [4.69, 9.17) is 0 Å². The second kappa shape index (κ2) is 4.55. The van der Waals surface area contributed by atoms with Gasteiger partial charge in [-0.2, -0.15) is 0 Å². The van der Waals surface area contributed by atoms with Gasteiger partial charge in [0.05, 0.1) is 0 Å². The van der Waals surface area contributed by atoms with Crippen LogP contribution in [-0.2, 0) is 0 Å². The van der Waals surface area contributed by atoms with Crippen LogP contribution in [0.2, 0.25) is 0 Å². The summed E-state index contributed by atoms with van der Waals surface area (Å²) in [5.41, 5.74) is 2.24. The molecule has 0 nitrogen and oxygen atoms in total. The van der Waals surface area contributed by atoms with E-state index in [2.05, 4.69) is 33.8 Å². The fourth-order valence-corrected chi connectivity index (χ4v) is 3.98. The van der Waals surface area contributed by atoms with E-state index >= 15 is 0 Å². The largest absolute Gasteiger partial charge is 0.0791 e. The number of rotatable bonds is 2. The van der Waals surface area contributed by atoms with Gasteiger partial charge in [-0.15, -0.1) is 0 Å². The fraction of sp³-hybridized carbons (Fsp3) is 0.875. The third-order valence-corrected chi connectivity index (χ3v) is 5.56. The maximum Gasteiger partial charge on any atom is -0.00843 e. The molecule has 1 unspecified atom stereocenters. The molecule has 4 atom stereocenters. The minimum Gasteiger partial charge on any atom is -0.0791 e. The number of hydrogen-bond donors (Lipinski definition) is 0. The van der Waals surface area contributed by atoms with Crippen LogP contribution < -0.4 is 0 Å². The van der Waals surface area contributed by atoms with Crippen molar-refractivity contribution in [3.05, 3.63) is 11.6 Å². The Morgan fingerprint density at radius 3 is 2.75 bits per heavy atom. The van der Waals surface area contributed by atoms with Crippen molar-refractivity contribution in [2.75, 3.05) is 0 Å². The molecule has 0 aromatic carbocycles. The molecule has 0 bridgehead atoms. The van der Waals surface area contributed by atoms with E-state index in [1.165, 1.54) is 38.5 Å². The zero-order valence-corrected chi connectivity index (χ0v) is 11.6. The van der Waals surface area contributed by atoms with Crippen LogP contribution >= 0.6 is 0 Å². The van der Waals surface area contributed by atoms with Crippen LogP contribution in [0.15, 0.2) is 11.6 Å². The summed E-state index contributed by atoms with van der Waals surface area (Å²) in [6, 6.07) is 0. The molecule has 1 saturated carbocycles. The van der Waals surface area contributed by atoms with Crippen LogP contribution in [0.4, 0.5) is 0 Å². The molecule has 0 saturated heterocycles. The molecule has 0 aromatic rings. The fourth-order valence-electron chi connectivity index (χ4n) is 3.98. The molecule has 0 aromatic heterocycles. The number of allylic oxidation sites excluding steroid dienone is 2. The molecule has 2 aliphatic carbocycles. The first-order valence-electron chi connectivity index (χ1n) is 7.25. The van der Waals surface area contributed by atoms with Crippen LogP contribution in [0.5, 0.6) is 0 Å². The molecular weight excluding hydrogens is 192 g/mol. The lowest BCUT2D eigenvalue weighted by Crippen LogP contribution is -2.34. The maximum absolute atomic E-state index is 2.65. The summed E-state index contributed by atoms with van der Waals surface area (Å²) in [4.78, 5) is 0. The van der Waals surface area contributed by atoms with E-state index in [9.17, 15) is 0 Å². The Morgan fingerprint density at radius 2 is 2.19 bits per heavy atom. The second-order valence-electron chi connectivity index (χ2n) is 6.55. The molecule has 0 amide bonds. The topological polar surface area (TPSA) is 0 Å². The standard InChI is InChI=1S/C16H28/c1-5-13(3)15-7-6-14(4)16(11-15)9-8-12(2)10-16/h10,13-15H,5-9,11H2,1-4H3/t13?,14-,15-,16+/m1/s1. The van der Waals surface area contributed by atoms with Crippen molar-refractivity contribution in [2.45, 2.75) is 66.2 Å². The quantitative estimate of drug-likeness (QED) is 0.561. The van der Waals surface area contributed by atoms with Gasteiger partial charge in [0.15, 0.2) is 0 Å². The molecule has 0 heterocycles. The Hall–Kier alpha value is -0.260.